The van der Waals surface area contributed by atoms with Gasteiger partial charge in [0.1, 0.15) is 17.5 Å². The fourth-order valence-electron chi connectivity index (χ4n) is 4.18. The van der Waals surface area contributed by atoms with E-state index in [1.54, 1.807) is 12.1 Å². The van der Waals surface area contributed by atoms with E-state index in [0.717, 1.165) is 25.1 Å². The number of nitrogens with zero attached hydrogens (tertiary/aromatic N) is 1. The lowest BCUT2D eigenvalue weighted by molar-refractivity contribution is -0.123. The lowest BCUT2D eigenvalue weighted by atomic mass is 9.94. The number of hydrogen-bond donors (Lipinski definition) is 3. The van der Waals surface area contributed by atoms with Gasteiger partial charge < -0.3 is 16.4 Å². The Labute approximate surface area is 194 Å². The lowest BCUT2D eigenvalue weighted by Crippen LogP contribution is -2.42. The Morgan fingerprint density at radius 2 is 1.88 bits per heavy atom. The van der Waals surface area contributed by atoms with Gasteiger partial charge in [0.15, 0.2) is 0 Å². The molecule has 1 aromatic heterocycles. The molecule has 1 fully saturated rings. The average Bonchev–Trinajstić information content (AvgIpc) is 3.33. The summed E-state index contributed by atoms with van der Waals surface area (Å²) in [5.41, 5.74) is 6.73. The summed E-state index contributed by atoms with van der Waals surface area (Å²) in [7, 11) is 0. The minimum Gasteiger partial charge on any atom is -0.366 e. The maximum atomic E-state index is 14.1. The average molecular weight is 468 g/mol. The summed E-state index contributed by atoms with van der Waals surface area (Å²) >= 11 is 0. The van der Waals surface area contributed by atoms with E-state index in [9.17, 15) is 22.8 Å². The molecule has 0 radical (unpaired) electrons. The van der Waals surface area contributed by atoms with Gasteiger partial charge in [0, 0.05) is 17.8 Å². The minimum atomic E-state index is -0.919. The van der Waals surface area contributed by atoms with Crippen LogP contribution in [0.25, 0.3) is 11.1 Å². The van der Waals surface area contributed by atoms with Crippen molar-refractivity contribution in [3.63, 3.8) is 0 Å². The molecule has 2 amide bonds. The molecule has 4 rings (SSSR count). The van der Waals surface area contributed by atoms with E-state index in [1.165, 1.54) is 30.5 Å². The third kappa shape index (κ3) is 5.26. The molecular weight excluding hydrogens is 445 g/mol. The molecule has 3 aromatic rings. The Morgan fingerprint density at radius 3 is 2.56 bits per heavy atom. The van der Waals surface area contributed by atoms with E-state index in [4.69, 9.17) is 5.73 Å². The van der Waals surface area contributed by atoms with Crippen LogP contribution in [0.5, 0.6) is 0 Å². The second kappa shape index (κ2) is 10.0. The van der Waals surface area contributed by atoms with E-state index < -0.39 is 29.4 Å². The highest BCUT2D eigenvalue weighted by Gasteiger charge is 2.27. The molecule has 34 heavy (non-hydrogen) atoms. The normalized spacial score (nSPS) is 16.3. The number of halogens is 3. The second-order valence-electron chi connectivity index (χ2n) is 8.19. The molecule has 0 saturated carbocycles. The first-order valence-electron chi connectivity index (χ1n) is 10.8. The number of pyridine rings is 1. The molecule has 0 unspecified atom stereocenters. The van der Waals surface area contributed by atoms with Crippen molar-refractivity contribution in [1.29, 1.82) is 0 Å². The zero-order valence-corrected chi connectivity index (χ0v) is 18.2. The first-order chi connectivity index (χ1) is 16.3. The van der Waals surface area contributed by atoms with Crippen molar-refractivity contribution in [3.05, 3.63) is 89.0 Å². The number of carbonyl (C=O) groups excluding carboxylic acids is 2. The smallest absolute Gasteiger partial charge is 0.251 e. The van der Waals surface area contributed by atoms with Gasteiger partial charge in [-0.2, -0.15) is 0 Å². The van der Waals surface area contributed by atoms with Crippen molar-refractivity contribution in [2.45, 2.75) is 31.3 Å². The van der Waals surface area contributed by atoms with Gasteiger partial charge in [-0.15, -0.1) is 0 Å². The number of rotatable bonds is 7. The number of benzene rings is 2. The molecule has 9 heteroatoms. The Morgan fingerprint density at radius 1 is 1.12 bits per heavy atom. The monoisotopic (exact) mass is 468 g/mol. The molecule has 2 atom stereocenters. The number of nitrogens with one attached hydrogen (secondary N) is 2. The zero-order valence-electron chi connectivity index (χ0n) is 18.2. The van der Waals surface area contributed by atoms with Gasteiger partial charge in [-0.05, 0) is 67.3 Å². The van der Waals surface area contributed by atoms with Crippen molar-refractivity contribution in [1.82, 2.24) is 15.6 Å². The topological polar surface area (TPSA) is 97.1 Å². The molecule has 176 valence electrons. The Bertz CT molecular complexity index is 1210. The van der Waals surface area contributed by atoms with Crippen LogP contribution in [0.1, 0.15) is 40.5 Å². The molecule has 0 aliphatic carbocycles. The second-order valence-corrected chi connectivity index (χ2v) is 8.19. The number of aromatic nitrogens is 1. The van der Waals surface area contributed by atoms with Gasteiger partial charge in [0.05, 0.1) is 23.3 Å². The molecular formula is C25H23F3N4O2. The van der Waals surface area contributed by atoms with Gasteiger partial charge in [0.2, 0.25) is 5.91 Å². The lowest BCUT2D eigenvalue weighted by Gasteiger charge is -2.23. The maximum Gasteiger partial charge on any atom is 0.251 e. The number of amides is 2. The van der Waals surface area contributed by atoms with E-state index in [0.29, 0.717) is 28.8 Å². The summed E-state index contributed by atoms with van der Waals surface area (Å²) in [6, 6.07) is 9.31. The highest BCUT2D eigenvalue weighted by molar-refractivity contribution is 5.94. The Kier molecular flexibility index (Phi) is 6.93. The molecule has 1 aliphatic rings. The molecule has 6 nitrogen and oxygen atoms in total. The highest BCUT2D eigenvalue weighted by atomic mass is 19.1. The fraction of sp³-hybridized carbons (Fsp3) is 0.240. The van der Waals surface area contributed by atoms with E-state index in [-0.39, 0.29) is 23.9 Å². The highest BCUT2D eigenvalue weighted by Crippen LogP contribution is 2.30. The predicted molar refractivity (Wildman–Crippen MR) is 120 cm³/mol. The van der Waals surface area contributed by atoms with Gasteiger partial charge in [-0.25, -0.2) is 13.2 Å². The Hall–Kier alpha value is -3.72. The molecule has 1 saturated heterocycles. The summed E-state index contributed by atoms with van der Waals surface area (Å²) in [5.74, 6) is -3.40. The summed E-state index contributed by atoms with van der Waals surface area (Å²) in [4.78, 5) is 29.0. The molecule has 1 aliphatic heterocycles. The molecule has 2 heterocycles. The molecule has 2 aromatic carbocycles. The van der Waals surface area contributed by atoms with Crippen LogP contribution >= 0.6 is 0 Å². The summed E-state index contributed by atoms with van der Waals surface area (Å²) < 4.78 is 41.8. The first-order valence-corrected chi connectivity index (χ1v) is 10.8. The van der Waals surface area contributed by atoms with E-state index >= 15 is 0 Å². The van der Waals surface area contributed by atoms with Gasteiger partial charge >= 0.3 is 0 Å². The molecule has 4 N–H and O–H groups in total. The maximum absolute atomic E-state index is 14.1. The van der Waals surface area contributed by atoms with Gasteiger partial charge in [-0.3, -0.25) is 14.6 Å². The van der Waals surface area contributed by atoms with Crippen molar-refractivity contribution in [3.8, 4) is 11.1 Å². The van der Waals surface area contributed by atoms with Crippen LogP contribution in [0.2, 0.25) is 0 Å². The number of hydrogen-bond acceptors (Lipinski definition) is 4. The van der Waals surface area contributed by atoms with E-state index in [2.05, 4.69) is 15.6 Å². The van der Waals surface area contributed by atoms with E-state index in [1.807, 2.05) is 0 Å². The van der Waals surface area contributed by atoms with Gasteiger partial charge in [-0.1, -0.05) is 12.1 Å². The number of primary amides is 1. The SMILES string of the molecule is NC(=O)c1cc(-c2cccnc2[C@H](Cc2cc(F)cc(F)c2)NC(=O)[C@@H]2CCCN2)ccc1F. The third-order valence-corrected chi connectivity index (χ3v) is 5.77. The van der Waals surface area contributed by atoms with Crippen LogP contribution in [0.4, 0.5) is 13.2 Å². The summed E-state index contributed by atoms with van der Waals surface area (Å²) in [6.07, 6.45) is 3.11. The van der Waals surface area contributed by atoms with Crippen LogP contribution in [0.15, 0.2) is 54.7 Å². The fourth-order valence-corrected chi connectivity index (χ4v) is 4.18. The first kappa shape index (κ1) is 23.4. The van der Waals surface area contributed by atoms with Crippen molar-refractivity contribution < 1.29 is 22.8 Å². The molecule has 0 bridgehead atoms. The Balaban J connectivity index is 1.76. The van der Waals surface area contributed by atoms with Crippen LogP contribution in [-0.4, -0.2) is 29.4 Å². The minimum absolute atomic E-state index is 0.0566. The zero-order chi connectivity index (χ0) is 24.2. The number of nitrogens with two attached hydrogens (primary N) is 1. The number of carbonyl (C=O) groups is 2. The van der Waals surface area contributed by atoms with Gasteiger partial charge in [0.25, 0.3) is 5.91 Å². The summed E-state index contributed by atoms with van der Waals surface area (Å²) in [5, 5.41) is 6.07. The standard InChI is InChI=1S/C25H23F3N4O2/c26-16-9-14(10-17(27)13-16)11-22(32-25(34)21-4-2-7-30-21)23-18(3-1-8-31-23)15-5-6-20(28)19(12-15)24(29)33/h1,3,5-6,8-10,12-13,21-22,30H,2,4,7,11H2,(H2,29,33)(H,32,34)/t21-,22-/m0/s1. The third-order valence-electron chi connectivity index (χ3n) is 5.77. The van der Waals surface area contributed by atoms with Crippen LogP contribution in [0, 0.1) is 17.5 Å². The quantitative estimate of drug-likeness (QED) is 0.495. The molecule has 0 spiro atoms. The summed E-state index contributed by atoms with van der Waals surface area (Å²) in [6.45, 7) is 0.720. The largest absolute Gasteiger partial charge is 0.366 e. The van der Waals surface area contributed by atoms with Crippen molar-refractivity contribution in [2.24, 2.45) is 5.73 Å². The van der Waals surface area contributed by atoms with Crippen LogP contribution in [-0.2, 0) is 11.2 Å². The van der Waals surface area contributed by atoms with Crippen molar-refractivity contribution in [2.75, 3.05) is 6.54 Å². The van der Waals surface area contributed by atoms with Crippen LogP contribution in [0.3, 0.4) is 0 Å². The van der Waals surface area contributed by atoms with Crippen LogP contribution < -0.4 is 16.4 Å². The van der Waals surface area contributed by atoms with Crippen molar-refractivity contribution >= 4 is 11.8 Å². The predicted octanol–water partition coefficient (Wildman–Crippen LogP) is 3.42.